The Morgan fingerprint density at radius 3 is 2.25 bits per heavy atom. The van der Waals surface area contributed by atoms with Gasteiger partial charge in [0, 0.05) is 5.92 Å². The van der Waals surface area contributed by atoms with E-state index in [0.717, 1.165) is 0 Å². The SMILES string of the molecule is Cc1ccc(C)c([C@H](C(C)C)[C@H](C)OC(=O)[C@H](C)N)c1. The van der Waals surface area contributed by atoms with Gasteiger partial charge >= 0.3 is 5.97 Å². The number of carbonyl (C=O) groups excluding carboxylic acids is 1. The highest BCUT2D eigenvalue weighted by Crippen LogP contribution is 2.32. The molecular formula is C17H27NO2. The van der Waals surface area contributed by atoms with E-state index in [4.69, 9.17) is 10.5 Å². The second-order valence-corrected chi connectivity index (χ2v) is 6.06. The Morgan fingerprint density at radius 1 is 1.15 bits per heavy atom. The van der Waals surface area contributed by atoms with Crippen LogP contribution in [0.5, 0.6) is 0 Å². The molecular weight excluding hydrogens is 250 g/mol. The van der Waals surface area contributed by atoms with Crippen molar-refractivity contribution in [2.45, 2.75) is 59.6 Å². The van der Waals surface area contributed by atoms with Gasteiger partial charge in [-0.2, -0.15) is 0 Å². The number of hydrogen-bond acceptors (Lipinski definition) is 3. The highest BCUT2D eigenvalue weighted by Gasteiger charge is 2.27. The Bertz CT molecular complexity index is 466. The zero-order chi connectivity index (χ0) is 15.4. The van der Waals surface area contributed by atoms with Crippen molar-refractivity contribution in [1.29, 1.82) is 0 Å². The minimum atomic E-state index is -0.580. The average Bonchev–Trinajstić information content (AvgIpc) is 2.33. The predicted octanol–water partition coefficient (Wildman–Crippen LogP) is 3.32. The molecule has 0 fully saturated rings. The Morgan fingerprint density at radius 2 is 1.75 bits per heavy atom. The fourth-order valence-electron chi connectivity index (χ4n) is 2.64. The van der Waals surface area contributed by atoms with Crippen LogP contribution in [0.15, 0.2) is 18.2 Å². The summed E-state index contributed by atoms with van der Waals surface area (Å²) in [6.45, 7) is 12.1. The molecule has 0 saturated heterocycles. The molecule has 1 aromatic carbocycles. The molecule has 0 heterocycles. The molecule has 20 heavy (non-hydrogen) atoms. The van der Waals surface area contributed by atoms with Gasteiger partial charge in [0.1, 0.15) is 12.1 Å². The van der Waals surface area contributed by atoms with Crippen molar-refractivity contribution in [2.75, 3.05) is 0 Å². The second-order valence-electron chi connectivity index (χ2n) is 6.06. The summed E-state index contributed by atoms with van der Waals surface area (Å²) in [7, 11) is 0. The molecule has 0 amide bonds. The highest BCUT2D eigenvalue weighted by atomic mass is 16.5. The number of hydrogen-bond donors (Lipinski definition) is 1. The van der Waals surface area contributed by atoms with E-state index < -0.39 is 6.04 Å². The summed E-state index contributed by atoms with van der Waals surface area (Å²) >= 11 is 0. The van der Waals surface area contributed by atoms with Gasteiger partial charge in [-0.1, -0.05) is 37.6 Å². The largest absolute Gasteiger partial charge is 0.461 e. The van der Waals surface area contributed by atoms with E-state index in [1.807, 2.05) is 6.92 Å². The number of ether oxygens (including phenoxy) is 1. The lowest BCUT2D eigenvalue weighted by molar-refractivity contribution is -0.151. The maximum atomic E-state index is 11.7. The van der Waals surface area contributed by atoms with E-state index in [-0.39, 0.29) is 18.0 Å². The Balaban J connectivity index is 3.05. The third kappa shape index (κ3) is 4.07. The van der Waals surface area contributed by atoms with Crippen molar-refractivity contribution < 1.29 is 9.53 Å². The van der Waals surface area contributed by atoms with Gasteiger partial charge in [-0.05, 0) is 44.7 Å². The molecule has 0 aromatic heterocycles. The van der Waals surface area contributed by atoms with Crippen molar-refractivity contribution >= 4 is 5.97 Å². The molecule has 0 bridgehead atoms. The molecule has 3 atom stereocenters. The zero-order valence-corrected chi connectivity index (χ0v) is 13.4. The Labute approximate surface area is 122 Å². The maximum Gasteiger partial charge on any atom is 0.322 e. The smallest absolute Gasteiger partial charge is 0.322 e. The van der Waals surface area contributed by atoms with Crippen LogP contribution in [0.1, 0.15) is 50.3 Å². The highest BCUT2D eigenvalue weighted by molar-refractivity contribution is 5.75. The molecule has 0 radical (unpaired) electrons. The Hall–Kier alpha value is -1.35. The molecule has 1 rings (SSSR count). The molecule has 0 spiro atoms. The first-order valence-electron chi connectivity index (χ1n) is 7.27. The maximum absolute atomic E-state index is 11.7. The van der Waals surface area contributed by atoms with E-state index >= 15 is 0 Å². The molecule has 0 saturated carbocycles. The van der Waals surface area contributed by atoms with Gasteiger partial charge in [0.15, 0.2) is 0 Å². The Kier molecular flexibility index (Phi) is 5.75. The molecule has 0 aliphatic carbocycles. The molecule has 0 aliphatic rings. The van der Waals surface area contributed by atoms with Gasteiger partial charge < -0.3 is 10.5 Å². The third-order valence-corrected chi connectivity index (χ3v) is 3.69. The van der Waals surface area contributed by atoms with E-state index in [1.54, 1.807) is 6.92 Å². The van der Waals surface area contributed by atoms with Crippen LogP contribution < -0.4 is 5.73 Å². The summed E-state index contributed by atoms with van der Waals surface area (Å²) < 4.78 is 5.52. The molecule has 3 heteroatoms. The van der Waals surface area contributed by atoms with Crippen LogP contribution in [-0.2, 0) is 9.53 Å². The number of benzene rings is 1. The lowest BCUT2D eigenvalue weighted by Gasteiger charge is -2.29. The summed E-state index contributed by atoms with van der Waals surface area (Å²) in [4.78, 5) is 11.7. The summed E-state index contributed by atoms with van der Waals surface area (Å²) in [6, 6.07) is 5.84. The van der Waals surface area contributed by atoms with Crippen LogP contribution in [-0.4, -0.2) is 18.1 Å². The minimum Gasteiger partial charge on any atom is -0.461 e. The van der Waals surface area contributed by atoms with Gasteiger partial charge in [0.05, 0.1) is 0 Å². The monoisotopic (exact) mass is 277 g/mol. The number of nitrogens with two attached hydrogens (primary N) is 1. The van der Waals surface area contributed by atoms with E-state index in [1.165, 1.54) is 16.7 Å². The quantitative estimate of drug-likeness (QED) is 0.840. The fourth-order valence-corrected chi connectivity index (χ4v) is 2.64. The summed E-state index contributed by atoms with van der Waals surface area (Å²) in [6.07, 6.45) is -0.186. The lowest BCUT2D eigenvalue weighted by atomic mass is 9.81. The first-order valence-corrected chi connectivity index (χ1v) is 7.27. The molecule has 1 aromatic rings. The molecule has 3 nitrogen and oxygen atoms in total. The van der Waals surface area contributed by atoms with Crippen LogP contribution in [0.3, 0.4) is 0 Å². The van der Waals surface area contributed by atoms with Gasteiger partial charge in [-0.15, -0.1) is 0 Å². The first kappa shape index (κ1) is 16.7. The number of aryl methyl sites for hydroxylation is 2. The summed E-state index contributed by atoms with van der Waals surface area (Å²) in [5, 5.41) is 0. The van der Waals surface area contributed by atoms with Gasteiger partial charge in [-0.3, -0.25) is 4.79 Å². The van der Waals surface area contributed by atoms with E-state index in [9.17, 15) is 4.79 Å². The van der Waals surface area contributed by atoms with E-state index in [0.29, 0.717) is 5.92 Å². The van der Waals surface area contributed by atoms with Crippen LogP contribution in [0.25, 0.3) is 0 Å². The first-order chi connectivity index (χ1) is 9.23. The van der Waals surface area contributed by atoms with E-state index in [2.05, 4.69) is 45.9 Å². The molecule has 112 valence electrons. The predicted molar refractivity (Wildman–Crippen MR) is 82.7 cm³/mol. The zero-order valence-electron chi connectivity index (χ0n) is 13.4. The lowest BCUT2D eigenvalue weighted by Crippen LogP contribution is -2.34. The number of carbonyl (C=O) groups is 1. The van der Waals surface area contributed by atoms with Crippen molar-refractivity contribution in [3.63, 3.8) is 0 Å². The minimum absolute atomic E-state index is 0.178. The average molecular weight is 277 g/mol. The van der Waals surface area contributed by atoms with Crippen LogP contribution in [0, 0.1) is 19.8 Å². The molecule has 0 aliphatic heterocycles. The fraction of sp³-hybridized carbons (Fsp3) is 0.588. The van der Waals surface area contributed by atoms with Crippen LogP contribution in [0.2, 0.25) is 0 Å². The number of rotatable bonds is 5. The van der Waals surface area contributed by atoms with Crippen molar-refractivity contribution in [3.8, 4) is 0 Å². The van der Waals surface area contributed by atoms with Crippen LogP contribution in [0.4, 0.5) is 0 Å². The molecule has 2 N–H and O–H groups in total. The van der Waals surface area contributed by atoms with Crippen molar-refractivity contribution in [1.82, 2.24) is 0 Å². The normalized spacial score (nSPS) is 15.8. The number of esters is 1. The van der Waals surface area contributed by atoms with Crippen molar-refractivity contribution in [3.05, 3.63) is 34.9 Å². The van der Waals surface area contributed by atoms with Gasteiger partial charge in [0.2, 0.25) is 0 Å². The topological polar surface area (TPSA) is 52.3 Å². The van der Waals surface area contributed by atoms with Crippen LogP contribution >= 0.6 is 0 Å². The van der Waals surface area contributed by atoms with Gasteiger partial charge in [0.25, 0.3) is 0 Å². The summed E-state index contributed by atoms with van der Waals surface area (Å²) in [5.41, 5.74) is 9.29. The van der Waals surface area contributed by atoms with Gasteiger partial charge in [-0.25, -0.2) is 0 Å². The summed E-state index contributed by atoms with van der Waals surface area (Å²) in [5.74, 6) is 0.220. The second kappa shape index (κ2) is 6.89. The standard InChI is InChI=1S/C17H27NO2/c1-10(2)16(14(6)20-17(19)13(5)18)15-9-11(3)7-8-12(15)4/h7-10,13-14,16H,18H2,1-6H3/t13-,14-,16+/m0/s1. The van der Waals surface area contributed by atoms with Crippen molar-refractivity contribution in [2.24, 2.45) is 11.7 Å². The third-order valence-electron chi connectivity index (χ3n) is 3.69. The molecule has 0 unspecified atom stereocenters.